The lowest BCUT2D eigenvalue weighted by Crippen LogP contribution is -2.29. The second-order valence-corrected chi connectivity index (χ2v) is 12.0. The van der Waals surface area contributed by atoms with Crippen LogP contribution in [0.3, 0.4) is 0 Å². The SMILES string of the molecule is COc1ccc(Br)cc1S(=O)(=O)NC(=O)C=Cc1cc(F)ccc1Cc1ccc2c(ccn2Cc2ccccc2)c1. The van der Waals surface area contributed by atoms with Crippen LogP contribution in [0.5, 0.6) is 5.75 Å². The highest BCUT2D eigenvalue weighted by Crippen LogP contribution is 2.27. The summed E-state index contributed by atoms with van der Waals surface area (Å²) in [5, 5.41) is 1.09. The maximum absolute atomic E-state index is 14.2. The molecule has 0 aliphatic carbocycles. The summed E-state index contributed by atoms with van der Waals surface area (Å²) in [6.45, 7) is 0.767. The van der Waals surface area contributed by atoms with Gasteiger partial charge in [-0.15, -0.1) is 0 Å². The van der Waals surface area contributed by atoms with Crippen molar-refractivity contribution in [2.45, 2.75) is 17.9 Å². The van der Waals surface area contributed by atoms with Crippen molar-refractivity contribution in [3.8, 4) is 5.75 Å². The van der Waals surface area contributed by atoms with E-state index in [4.69, 9.17) is 4.74 Å². The molecule has 5 aromatic rings. The van der Waals surface area contributed by atoms with E-state index < -0.39 is 21.7 Å². The largest absolute Gasteiger partial charge is 0.495 e. The monoisotopic (exact) mass is 632 g/mol. The van der Waals surface area contributed by atoms with E-state index in [0.29, 0.717) is 16.5 Å². The summed E-state index contributed by atoms with van der Waals surface area (Å²) in [5.74, 6) is -1.24. The third kappa shape index (κ3) is 6.75. The van der Waals surface area contributed by atoms with Crippen LogP contribution in [0.1, 0.15) is 22.3 Å². The van der Waals surface area contributed by atoms with Gasteiger partial charge in [0.1, 0.15) is 16.5 Å². The number of sulfonamides is 1. The molecule has 5 rings (SSSR count). The van der Waals surface area contributed by atoms with Crippen molar-refractivity contribution in [1.29, 1.82) is 0 Å². The Hall–Kier alpha value is -4.21. The maximum Gasteiger partial charge on any atom is 0.268 e. The second kappa shape index (κ2) is 12.1. The molecule has 0 radical (unpaired) electrons. The number of hydrogen-bond acceptors (Lipinski definition) is 4. The molecule has 0 bridgehead atoms. The molecule has 0 fully saturated rings. The number of methoxy groups -OCH3 is 1. The van der Waals surface area contributed by atoms with Gasteiger partial charge in [-0.3, -0.25) is 4.79 Å². The average Bonchev–Trinajstić information content (AvgIpc) is 3.35. The molecule has 4 aromatic carbocycles. The molecule has 0 saturated heterocycles. The van der Waals surface area contributed by atoms with Crippen molar-refractivity contribution in [3.63, 3.8) is 0 Å². The Morgan fingerprint density at radius 1 is 0.976 bits per heavy atom. The quantitative estimate of drug-likeness (QED) is 0.183. The number of benzene rings is 4. The normalized spacial score (nSPS) is 11.7. The van der Waals surface area contributed by atoms with Gasteiger partial charge in [-0.25, -0.2) is 17.5 Å². The summed E-state index contributed by atoms with van der Waals surface area (Å²) in [5.41, 5.74) is 4.60. The molecular weight excluding hydrogens is 607 g/mol. The van der Waals surface area contributed by atoms with Crippen molar-refractivity contribution in [2.24, 2.45) is 0 Å². The number of rotatable bonds is 9. The first-order valence-corrected chi connectivity index (χ1v) is 15.0. The zero-order valence-electron chi connectivity index (χ0n) is 22.1. The van der Waals surface area contributed by atoms with Crippen LogP contribution < -0.4 is 9.46 Å². The third-order valence-electron chi connectivity index (χ3n) is 6.60. The minimum Gasteiger partial charge on any atom is -0.495 e. The molecule has 1 N–H and O–H groups in total. The zero-order chi connectivity index (χ0) is 29.0. The highest BCUT2D eigenvalue weighted by atomic mass is 79.9. The number of halogens is 2. The van der Waals surface area contributed by atoms with Crippen LogP contribution in [0, 0.1) is 5.82 Å². The summed E-state index contributed by atoms with van der Waals surface area (Å²) in [6, 6.07) is 27.3. The van der Waals surface area contributed by atoms with E-state index in [1.54, 1.807) is 12.1 Å². The summed E-state index contributed by atoms with van der Waals surface area (Å²) in [4.78, 5) is 12.4. The van der Waals surface area contributed by atoms with Crippen LogP contribution >= 0.6 is 15.9 Å². The van der Waals surface area contributed by atoms with Gasteiger partial charge >= 0.3 is 0 Å². The van der Waals surface area contributed by atoms with Crippen LogP contribution in [0.15, 0.2) is 113 Å². The average molecular weight is 634 g/mol. The van der Waals surface area contributed by atoms with Gasteiger partial charge in [-0.2, -0.15) is 0 Å². The standard InChI is InChI=1S/C32H26BrFN2O4S/c1-40-30-13-10-27(33)20-31(30)41(38,39)35-32(37)14-9-25-19-28(34)11-8-24(25)17-23-7-12-29-26(18-23)15-16-36(29)21-22-5-3-2-4-6-22/h2-16,18-20H,17,21H2,1H3,(H,35,37). The Labute approximate surface area is 246 Å². The van der Waals surface area contributed by atoms with Crippen molar-refractivity contribution >= 4 is 48.8 Å². The first kappa shape index (κ1) is 28.3. The number of amides is 1. The Morgan fingerprint density at radius 2 is 1.78 bits per heavy atom. The summed E-state index contributed by atoms with van der Waals surface area (Å²) in [6.07, 6.45) is 5.04. The van der Waals surface area contributed by atoms with Gasteiger partial charge in [-0.05, 0) is 88.7 Å². The molecule has 9 heteroatoms. The fourth-order valence-electron chi connectivity index (χ4n) is 4.63. The molecule has 1 heterocycles. The number of nitrogens with zero attached hydrogens (tertiary/aromatic N) is 1. The summed E-state index contributed by atoms with van der Waals surface area (Å²) >= 11 is 3.23. The van der Waals surface area contributed by atoms with E-state index in [0.717, 1.165) is 34.7 Å². The first-order valence-electron chi connectivity index (χ1n) is 12.7. The number of hydrogen-bond donors (Lipinski definition) is 1. The smallest absolute Gasteiger partial charge is 0.268 e. The lowest BCUT2D eigenvalue weighted by molar-refractivity contribution is -0.114. The molecular formula is C32H26BrFN2O4S. The zero-order valence-corrected chi connectivity index (χ0v) is 24.5. The van der Waals surface area contributed by atoms with Gasteiger partial charge in [0, 0.05) is 28.8 Å². The molecule has 0 saturated carbocycles. The summed E-state index contributed by atoms with van der Waals surface area (Å²) < 4.78 is 49.7. The molecule has 0 aliphatic rings. The molecule has 0 unspecified atom stereocenters. The van der Waals surface area contributed by atoms with E-state index >= 15 is 0 Å². The topological polar surface area (TPSA) is 77.4 Å². The van der Waals surface area contributed by atoms with Gasteiger partial charge < -0.3 is 9.30 Å². The first-order chi connectivity index (χ1) is 19.7. The molecule has 208 valence electrons. The van der Waals surface area contributed by atoms with Crippen LogP contribution in [0.2, 0.25) is 0 Å². The van der Waals surface area contributed by atoms with E-state index in [2.05, 4.69) is 57.0 Å². The van der Waals surface area contributed by atoms with Crippen molar-refractivity contribution in [3.05, 3.63) is 136 Å². The van der Waals surface area contributed by atoms with Crippen molar-refractivity contribution in [1.82, 2.24) is 9.29 Å². The van der Waals surface area contributed by atoms with E-state index in [9.17, 15) is 17.6 Å². The second-order valence-electron chi connectivity index (χ2n) is 9.44. The van der Waals surface area contributed by atoms with Crippen molar-refractivity contribution in [2.75, 3.05) is 7.11 Å². The lowest BCUT2D eigenvalue weighted by atomic mass is 9.98. The Morgan fingerprint density at radius 3 is 2.56 bits per heavy atom. The van der Waals surface area contributed by atoms with E-state index in [1.165, 1.54) is 43.0 Å². The number of fused-ring (bicyclic) bond motifs is 1. The number of carbonyl (C=O) groups excluding carboxylic acids is 1. The Balaban J connectivity index is 1.34. The molecule has 1 aromatic heterocycles. The fourth-order valence-corrected chi connectivity index (χ4v) is 6.28. The fraction of sp³-hybridized carbons (Fsp3) is 0.0938. The number of carbonyl (C=O) groups is 1. The molecule has 0 atom stereocenters. The Bertz CT molecular complexity index is 1870. The van der Waals surface area contributed by atoms with Crippen LogP contribution in [0.25, 0.3) is 17.0 Å². The van der Waals surface area contributed by atoms with Crippen LogP contribution in [-0.2, 0) is 27.8 Å². The highest BCUT2D eigenvalue weighted by Gasteiger charge is 2.21. The molecule has 0 spiro atoms. The molecule has 1 amide bonds. The Kier molecular flexibility index (Phi) is 8.37. The van der Waals surface area contributed by atoms with Gasteiger partial charge in [0.05, 0.1) is 7.11 Å². The maximum atomic E-state index is 14.2. The molecule has 0 aliphatic heterocycles. The number of aromatic nitrogens is 1. The predicted molar refractivity (Wildman–Crippen MR) is 162 cm³/mol. The van der Waals surface area contributed by atoms with Crippen LogP contribution in [-0.4, -0.2) is 26.0 Å². The predicted octanol–water partition coefficient (Wildman–Crippen LogP) is 6.71. The minimum absolute atomic E-state index is 0.0947. The lowest BCUT2D eigenvalue weighted by Gasteiger charge is -2.10. The van der Waals surface area contributed by atoms with Gasteiger partial charge in [0.2, 0.25) is 0 Å². The van der Waals surface area contributed by atoms with Crippen molar-refractivity contribution < 1.29 is 22.3 Å². The van der Waals surface area contributed by atoms with Gasteiger partial charge in [-0.1, -0.05) is 58.4 Å². The van der Waals surface area contributed by atoms with Gasteiger partial charge in [0.15, 0.2) is 0 Å². The van der Waals surface area contributed by atoms with Crippen LogP contribution in [0.4, 0.5) is 4.39 Å². The molecule has 41 heavy (non-hydrogen) atoms. The number of nitrogens with one attached hydrogen (secondary N) is 1. The third-order valence-corrected chi connectivity index (χ3v) is 8.46. The highest BCUT2D eigenvalue weighted by molar-refractivity contribution is 9.10. The summed E-state index contributed by atoms with van der Waals surface area (Å²) in [7, 11) is -2.88. The van der Waals surface area contributed by atoms with E-state index in [-0.39, 0.29) is 10.6 Å². The van der Waals surface area contributed by atoms with E-state index in [1.807, 2.05) is 29.0 Å². The number of ether oxygens (including phenoxy) is 1. The van der Waals surface area contributed by atoms with Gasteiger partial charge in [0.25, 0.3) is 15.9 Å². The minimum atomic E-state index is -4.22. The molecule has 6 nitrogen and oxygen atoms in total.